The van der Waals surface area contributed by atoms with Crippen molar-refractivity contribution in [3.05, 3.63) is 52.6 Å². The summed E-state index contributed by atoms with van der Waals surface area (Å²) in [5.74, 6) is -0.167. The second-order valence-electron chi connectivity index (χ2n) is 4.88. The van der Waals surface area contributed by atoms with Crippen molar-refractivity contribution >= 4 is 5.97 Å². The Morgan fingerprint density at radius 2 is 2.17 bits per heavy atom. The zero-order valence-electron chi connectivity index (χ0n) is 13.3. The largest absolute Gasteiger partial charge is 0.497 e. The fourth-order valence-corrected chi connectivity index (χ4v) is 2.57. The van der Waals surface area contributed by atoms with Crippen LogP contribution in [0.3, 0.4) is 0 Å². The van der Waals surface area contributed by atoms with Gasteiger partial charge in [0.15, 0.2) is 0 Å². The normalized spacial score (nSPS) is 17.4. The number of nitrogens with two attached hydrogens (primary N) is 1. The summed E-state index contributed by atoms with van der Waals surface area (Å²) in [5.41, 5.74) is 7.04. The lowest BCUT2D eigenvalue weighted by molar-refractivity contribution is -0.136. The topological polar surface area (TPSA) is 94.6 Å². The summed E-state index contributed by atoms with van der Waals surface area (Å²) in [5, 5.41) is 9.48. The lowest BCUT2D eigenvalue weighted by Gasteiger charge is -2.27. The van der Waals surface area contributed by atoms with Crippen LogP contribution >= 0.6 is 0 Å². The van der Waals surface area contributed by atoms with Gasteiger partial charge >= 0.3 is 5.97 Å². The van der Waals surface area contributed by atoms with E-state index in [2.05, 4.69) is 0 Å². The van der Waals surface area contributed by atoms with Crippen LogP contribution in [-0.2, 0) is 14.3 Å². The van der Waals surface area contributed by atoms with Crippen molar-refractivity contribution in [3.8, 4) is 11.8 Å². The molecule has 1 aliphatic rings. The fraction of sp³-hybridized carbons (Fsp3) is 0.294. The van der Waals surface area contributed by atoms with Crippen LogP contribution in [0.5, 0.6) is 5.75 Å². The Morgan fingerprint density at radius 3 is 2.74 bits per heavy atom. The van der Waals surface area contributed by atoms with Gasteiger partial charge in [0.05, 0.1) is 25.7 Å². The maximum Gasteiger partial charge on any atom is 0.338 e. The van der Waals surface area contributed by atoms with E-state index in [0.717, 1.165) is 0 Å². The van der Waals surface area contributed by atoms with Crippen molar-refractivity contribution in [3.63, 3.8) is 0 Å². The van der Waals surface area contributed by atoms with Crippen molar-refractivity contribution in [2.75, 3.05) is 14.2 Å². The third-order valence-corrected chi connectivity index (χ3v) is 3.65. The zero-order chi connectivity index (χ0) is 17.0. The molecule has 120 valence electrons. The second-order valence-corrected chi connectivity index (χ2v) is 4.88. The summed E-state index contributed by atoms with van der Waals surface area (Å²) in [6, 6.07) is 9.17. The standard InChI is InChI=1S/C17H18N2O4/c1-4-13-15(17(20)22-3)14(12(9-18)16(19)23-13)10-6-5-7-11(8-10)21-2/h5-8,14H,4,19H2,1-3H3/t14-/m1/s1. The Labute approximate surface area is 134 Å². The van der Waals surface area contributed by atoms with Crippen LogP contribution in [-0.4, -0.2) is 20.2 Å². The monoisotopic (exact) mass is 314 g/mol. The molecule has 1 aliphatic heterocycles. The lowest BCUT2D eigenvalue weighted by atomic mass is 9.82. The molecule has 0 bridgehead atoms. The Hall–Kier alpha value is -2.94. The highest BCUT2D eigenvalue weighted by Crippen LogP contribution is 2.41. The highest BCUT2D eigenvalue weighted by molar-refractivity contribution is 5.92. The van der Waals surface area contributed by atoms with Gasteiger partial charge < -0.3 is 19.9 Å². The van der Waals surface area contributed by atoms with Gasteiger partial charge in [-0.05, 0) is 17.7 Å². The van der Waals surface area contributed by atoms with Crippen LogP contribution in [0, 0.1) is 11.3 Å². The van der Waals surface area contributed by atoms with Crippen LogP contribution in [0.1, 0.15) is 24.8 Å². The number of ether oxygens (including phenoxy) is 3. The average Bonchev–Trinajstić information content (AvgIpc) is 2.59. The van der Waals surface area contributed by atoms with Crippen LogP contribution in [0.2, 0.25) is 0 Å². The molecule has 0 saturated carbocycles. The Morgan fingerprint density at radius 1 is 1.43 bits per heavy atom. The van der Waals surface area contributed by atoms with Gasteiger partial charge in [0.2, 0.25) is 5.88 Å². The summed E-state index contributed by atoms with van der Waals surface area (Å²) >= 11 is 0. The van der Waals surface area contributed by atoms with Gasteiger partial charge in [-0.15, -0.1) is 0 Å². The van der Waals surface area contributed by atoms with E-state index in [-0.39, 0.29) is 17.0 Å². The van der Waals surface area contributed by atoms with Crippen molar-refractivity contribution in [1.82, 2.24) is 0 Å². The Balaban J connectivity index is 2.68. The number of hydrogen-bond acceptors (Lipinski definition) is 6. The molecule has 0 aromatic heterocycles. The number of nitrogens with zero attached hydrogens (tertiary/aromatic N) is 1. The SMILES string of the molecule is CCC1=C(C(=O)OC)[C@H](c2cccc(OC)c2)C(C#N)=C(N)O1. The molecule has 1 heterocycles. The van der Waals surface area contributed by atoms with E-state index in [9.17, 15) is 10.1 Å². The number of nitriles is 1. The van der Waals surface area contributed by atoms with E-state index in [4.69, 9.17) is 19.9 Å². The third kappa shape index (κ3) is 2.99. The molecule has 0 aliphatic carbocycles. The van der Waals surface area contributed by atoms with Crippen molar-refractivity contribution in [2.24, 2.45) is 5.73 Å². The average molecular weight is 314 g/mol. The van der Waals surface area contributed by atoms with E-state index in [1.54, 1.807) is 31.4 Å². The predicted molar refractivity (Wildman–Crippen MR) is 83.0 cm³/mol. The van der Waals surface area contributed by atoms with Crippen LogP contribution in [0.25, 0.3) is 0 Å². The minimum absolute atomic E-state index is 0.00447. The first kappa shape index (κ1) is 16.4. The lowest BCUT2D eigenvalue weighted by Crippen LogP contribution is -2.25. The van der Waals surface area contributed by atoms with E-state index < -0.39 is 11.9 Å². The summed E-state index contributed by atoms with van der Waals surface area (Å²) < 4.78 is 15.6. The van der Waals surface area contributed by atoms with E-state index >= 15 is 0 Å². The van der Waals surface area contributed by atoms with E-state index in [1.165, 1.54) is 7.11 Å². The number of carbonyl (C=O) groups is 1. The van der Waals surface area contributed by atoms with Gasteiger partial charge in [-0.3, -0.25) is 0 Å². The minimum Gasteiger partial charge on any atom is -0.497 e. The Bertz CT molecular complexity index is 728. The molecule has 6 nitrogen and oxygen atoms in total. The van der Waals surface area contributed by atoms with Gasteiger partial charge in [-0.1, -0.05) is 19.1 Å². The van der Waals surface area contributed by atoms with E-state index in [1.807, 2.05) is 13.0 Å². The first-order valence-corrected chi connectivity index (χ1v) is 7.10. The second kappa shape index (κ2) is 6.88. The smallest absolute Gasteiger partial charge is 0.338 e. The summed E-state index contributed by atoms with van der Waals surface area (Å²) in [6.45, 7) is 1.84. The number of rotatable bonds is 4. The molecule has 0 unspecified atom stereocenters. The van der Waals surface area contributed by atoms with Crippen LogP contribution < -0.4 is 10.5 Å². The fourth-order valence-electron chi connectivity index (χ4n) is 2.57. The minimum atomic E-state index is -0.647. The molecule has 1 atom stereocenters. The van der Waals surface area contributed by atoms with Gasteiger partial charge in [0.25, 0.3) is 0 Å². The summed E-state index contributed by atoms with van der Waals surface area (Å²) in [7, 11) is 2.84. The quantitative estimate of drug-likeness (QED) is 0.857. The molecule has 0 saturated heterocycles. The summed E-state index contributed by atoms with van der Waals surface area (Å²) in [4.78, 5) is 12.3. The molecule has 1 aromatic rings. The van der Waals surface area contributed by atoms with Crippen molar-refractivity contribution in [2.45, 2.75) is 19.3 Å². The van der Waals surface area contributed by atoms with Gasteiger partial charge in [-0.25, -0.2) is 4.79 Å². The molecule has 0 amide bonds. The van der Waals surface area contributed by atoms with Gasteiger partial charge in [0.1, 0.15) is 23.2 Å². The molecular weight excluding hydrogens is 296 g/mol. The predicted octanol–water partition coefficient (Wildman–Crippen LogP) is 2.34. The number of methoxy groups -OCH3 is 2. The molecule has 1 aromatic carbocycles. The molecule has 2 N–H and O–H groups in total. The first-order valence-electron chi connectivity index (χ1n) is 7.10. The third-order valence-electron chi connectivity index (χ3n) is 3.65. The highest BCUT2D eigenvalue weighted by atomic mass is 16.5. The molecule has 6 heteroatoms. The van der Waals surface area contributed by atoms with Crippen LogP contribution in [0.15, 0.2) is 47.1 Å². The van der Waals surface area contributed by atoms with Gasteiger partial charge in [-0.2, -0.15) is 5.26 Å². The Kier molecular flexibility index (Phi) is 4.91. The van der Waals surface area contributed by atoms with Crippen LogP contribution in [0.4, 0.5) is 0 Å². The van der Waals surface area contributed by atoms with Gasteiger partial charge in [0, 0.05) is 6.42 Å². The number of esters is 1. The number of allylic oxidation sites excluding steroid dienone is 2. The number of benzene rings is 1. The molecule has 0 fully saturated rings. The maximum atomic E-state index is 12.3. The summed E-state index contributed by atoms with van der Waals surface area (Å²) in [6.07, 6.45) is 0.449. The highest BCUT2D eigenvalue weighted by Gasteiger charge is 2.36. The molecular formula is C17H18N2O4. The maximum absolute atomic E-state index is 12.3. The molecule has 23 heavy (non-hydrogen) atoms. The number of carbonyl (C=O) groups excluding carboxylic acids is 1. The molecule has 0 radical (unpaired) electrons. The van der Waals surface area contributed by atoms with E-state index in [0.29, 0.717) is 23.5 Å². The zero-order valence-corrected chi connectivity index (χ0v) is 13.3. The number of hydrogen-bond donors (Lipinski definition) is 1. The molecule has 2 rings (SSSR count). The van der Waals surface area contributed by atoms with Crippen molar-refractivity contribution in [1.29, 1.82) is 5.26 Å². The first-order chi connectivity index (χ1) is 11.1. The molecule has 0 spiro atoms. The van der Waals surface area contributed by atoms with Crippen molar-refractivity contribution < 1.29 is 19.0 Å².